The van der Waals surface area contributed by atoms with E-state index >= 15 is 0 Å². The van der Waals surface area contributed by atoms with Crippen LogP contribution in [-0.4, -0.2) is 31.1 Å². The number of fused-ring (bicyclic) bond motifs is 1. The molecule has 0 radical (unpaired) electrons. The van der Waals surface area contributed by atoms with E-state index in [2.05, 4.69) is 43.0 Å². The van der Waals surface area contributed by atoms with Gasteiger partial charge in [0.05, 0.1) is 6.10 Å². The first-order valence-corrected chi connectivity index (χ1v) is 11.3. The van der Waals surface area contributed by atoms with Crippen LogP contribution in [0.1, 0.15) is 56.6 Å². The molecule has 3 atom stereocenters. The van der Waals surface area contributed by atoms with Crippen LogP contribution >= 0.6 is 11.8 Å². The average molecular weight is 402 g/mol. The zero-order chi connectivity index (χ0) is 20.3. The van der Waals surface area contributed by atoms with E-state index < -0.39 is 6.10 Å². The molecule has 1 unspecified atom stereocenters. The highest BCUT2D eigenvalue weighted by atomic mass is 32.2. The van der Waals surface area contributed by atoms with Crippen LogP contribution < -0.4 is 4.90 Å². The summed E-state index contributed by atoms with van der Waals surface area (Å²) in [5, 5.41) is 11.7. The number of hydrogen-bond donors (Lipinski definition) is 1. The number of aliphatic hydroxyl groups is 1. The van der Waals surface area contributed by atoms with E-state index in [0.717, 1.165) is 53.1 Å². The molecule has 2 nitrogen and oxygen atoms in total. The maximum absolute atomic E-state index is 14.2. The predicted molar refractivity (Wildman–Crippen MR) is 118 cm³/mol. The first-order valence-electron chi connectivity index (χ1n) is 10.3. The fraction of sp³-hybridized carbons (Fsp3) is 0.500. The van der Waals surface area contributed by atoms with Gasteiger partial charge in [0.25, 0.3) is 0 Å². The van der Waals surface area contributed by atoms with Gasteiger partial charge in [-0.05, 0) is 54.3 Å². The Bertz CT molecular complexity index is 792. The molecule has 3 rings (SSSR count). The van der Waals surface area contributed by atoms with E-state index in [-0.39, 0.29) is 17.2 Å². The third-order valence-electron chi connectivity index (χ3n) is 6.27. The molecule has 0 aliphatic carbocycles. The van der Waals surface area contributed by atoms with Gasteiger partial charge >= 0.3 is 0 Å². The van der Waals surface area contributed by atoms with Crippen molar-refractivity contribution in [1.29, 1.82) is 0 Å². The molecule has 0 bridgehead atoms. The fourth-order valence-corrected chi connectivity index (χ4v) is 5.78. The summed E-state index contributed by atoms with van der Waals surface area (Å²) >= 11 is 1.78. The standard InChI is InChI=1S/C24H32FNOS/c1-5-7-14-24(6-2)16-28-21-13-10-18(25)15-20(21)22(23(24)27)17-8-11-19(12-9-17)26(3)4/h8-13,15,22-23,27H,5-7,14,16H2,1-4H3/t22-,23-,24?/m1/s1. The lowest BCUT2D eigenvalue weighted by atomic mass is 9.69. The van der Waals surface area contributed by atoms with Crippen LogP contribution in [0, 0.1) is 11.2 Å². The van der Waals surface area contributed by atoms with Crippen LogP contribution in [0.5, 0.6) is 0 Å². The van der Waals surface area contributed by atoms with Crippen molar-refractivity contribution >= 4 is 17.4 Å². The number of halogens is 1. The topological polar surface area (TPSA) is 23.5 Å². The molecule has 28 heavy (non-hydrogen) atoms. The minimum atomic E-state index is -0.537. The third-order valence-corrected chi connectivity index (χ3v) is 7.67. The highest BCUT2D eigenvalue weighted by Gasteiger charge is 2.44. The molecule has 0 saturated heterocycles. The van der Waals surface area contributed by atoms with Gasteiger partial charge in [0, 0.05) is 41.8 Å². The van der Waals surface area contributed by atoms with Gasteiger partial charge < -0.3 is 10.0 Å². The average Bonchev–Trinajstić information content (AvgIpc) is 2.81. The summed E-state index contributed by atoms with van der Waals surface area (Å²) in [6, 6.07) is 13.4. The molecule has 1 aliphatic heterocycles. The molecule has 0 fully saturated rings. The molecule has 0 spiro atoms. The van der Waals surface area contributed by atoms with Crippen molar-refractivity contribution in [2.75, 3.05) is 24.7 Å². The molecule has 0 saturated carbocycles. The van der Waals surface area contributed by atoms with Crippen LogP contribution in [-0.2, 0) is 0 Å². The maximum atomic E-state index is 14.2. The van der Waals surface area contributed by atoms with Crippen molar-refractivity contribution in [3.8, 4) is 0 Å². The van der Waals surface area contributed by atoms with Crippen molar-refractivity contribution in [2.45, 2.75) is 56.4 Å². The minimum Gasteiger partial charge on any atom is -0.392 e. The van der Waals surface area contributed by atoms with Crippen LogP contribution in [0.4, 0.5) is 10.1 Å². The van der Waals surface area contributed by atoms with Crippen molar-refractivity contribution in [3.05, 3.63) is 59.4 Å². The van der Waals surface area contributed by atoms with E-state index in [1.54, 1.807) is 17.8 Å². The minimum absolute atomic E-state index is 0.166. The Kier molecular flexibility index (Phi) is 6.72. The Balaban J connectivity index is 2.11. The Morgan fingerprint density at radius 1 is 1.14 bits per heavy atom. The molecule has 1 heterocycles. The van der Waals surface area contributed by atoms with Crippen LogP contribution in [0.25, 0.3) is 0 Å². The number of benzene rings is 2. The van der Waals surface area contributed by atoms with E-state index in [0.29, 0.717) is 0 Å². The molecular formula is C24H32FNOS. The van der Waals surface area contributed by atoms with Gasteiger partial charge in [0.15, 0.2) is 0 Å². The molecule has 2 aromatic carbocycles. The van der Waals surface area contributed by atoms with Crippen LogP contribution in [0.15, 0.2) is 47.4 Å². The van der Waals surface area contributed by atoms with E-state index in [1.165, 1.54) is 6.07 Å². The summed E-state index contributed by atoms with van der Waals surface area (Å²) < 4.78 is 14.2. The zero-order valence-corrected chi connectivity index (χ0v) is 18.2. The monoisotopic (exact) mass is 401 g/mol. The smallest absolute Gasteiger partial charge is 0.123 e. The predicted octanol–water partition coefficient (Wildman–Crippen LogP) is 6.08. The Morgan fingerprint density at radius 3 is 2.46 bits per heavy atom. The Morgan fingerprint density at radius 2 is 1.86 bits per heavy atom. The zero-order valence-electron chi connectivity index (χ0n) is 17.4. The largest absolute Gasteiger partial charge is 0.392 e. The molecule has 1 aliphatic rings. The first-order chi connectivity index (χ1) is 13.4. The second-order valence-electron chi connectivity index (χ2n) is 8.20. The molecule has 0 aromatic heterocycles. The van der Waals surface area contributed by atoms with E-state index in [9.17, 15) is 9.50 Å². The second kappa shape index (κ2) is 8.87. The number of hydrogen-bond acceptors (Lipinski definition) is 3. The number of rotatable bonds is 6. The maximum Gasteiger partial charge on any atom is 0.123 e. The fourth-order valence-electron chi connectivity index (χ4n) is 4.30. The molecule has 0 amide bonds. The third kappa shape index (κ3) is 4.08. The number of thioether (sulfide) groups is 1. The van der Waals surface area contributed by atoms with Crippen molar-refractivity contribution in [3.63, 3.8) is 0 Å². The molecule has 4 heteroatoms. The van der Waals surface area contributed by atoms with Gasteiger partial charge in [-0.2, -0.15) is 0 Å². The van der Waals surface area contributed by atoms with Crippen LogP contribution in [0.2, 0.25) is 0 Å². The van der Waals surface area contributed by atoms with Gasteiger partial charge in [-0.3, -0.25) is 0 Å². The number of anilines is 1. The summed E-state index contributed by atoms with van der Waals surface area (Å²) in [6.07, 6.45) is 3.59. The normalized spacial score (nSPS) is 24.5. The summed E-state index contributed by atoms with van der Waals surface area (Å²) in [5.41, 5.74) is 2.93. The summed E-state index contributed by atoms with van der Waals surface area (Å²) in [5.74, 6) is 0.419. The highest BCUT2D eigenvalue weighted by molar-refractivity contribution is 7.99. The number of aliphatic hydroxyl groups excluding tert-OH is 1. The lowest BCUT2D eigenvalue weighted by Gasteiger charge is -2.40. The van der Waals surface area contributed by atoms with Gasteiger partial charge in [-0.15, -0.1) is 11.8 Å². The first kappa shape index (κ1) is 21.2. The SMILES string of the molecule is CCCCC1(CC)CSc2ccc(F)cc2[C@@H](c2ccc(N(C)C)cc2)[C@H]1O. The Hall–Kier alpha value is -1.52. The number of unbranched alkanes of at least 4 members (excludes halogenated alkanes) is 1. The van der Waals surface area contributed by atoms with E-state index in [1.807, 2.05) is 20.2 Å². The van der Waals surface area contributed by atoms with Gasteiger partial charge in [0.2, 0.25) is 0 Å². The van der Waals surface area contributed by atoms with Gasteiger partial charge in [-0.1, -0.05) is 38.8 Å². The lowest BCUT2D eigenvalue weighted by Crippen LogP contribution is -2.40. The highest BCUT2D eigenvalue weighted by Crippen LogP contribution is 2.50. The quantitative estimate of drug-likeness (QED) is 0.635. The molecule has 152 valence electrons. The van der Waals surface area contributed by atoms with Crippen molar-refractivity contribution in [2.24, 2.45) is 5.41 Å². The molecular weight excluding hydrogens is 369 g/mol. The second-order valence-corrected chi connectivity index (χ2v) is 9.22. The van der Waals surface area contributed by atoms with Crippen molar-refractivity contribution < 1.29 is 9.50 Å². The summed E-state index contributed by atoms with van der Waals surface area (Å²) in [6.45, 7) is 4.38. The van der Waals surface area contributed by atoms with E-state index in [4.69, 9.17) is 0 Å². The number of nitrogens with zero attached hydrogens (tertiary/aromatic N) is 1. The summed E-state index contributed by atoms with van der Waals surface area (Å²) in [7, 11) is 4.04. The molecule has 1 N–H and O–H groups in total. The van der Waals surface area contributed by atoms with Crippen molar-refractivity contribution in [1.82, 2.24) is 0 Å². The van der Waals surface area contributed by atoms with Crippen LogP contribution in [0.3, 0.4) is 0 Å². The lowest BCUT2D eigenvalue weighted by molar-refractivity contribution is 0.0182. The van der Waals surface area contributed by atoms with Gasteiger partial charge in [0.1, 0.15) is 5.82 Å². The molecule has 2 aromatic rings. The summed E-state index contributed by atoms with van der Waals surface area (Å²) in [4.78, 5) is 3.16. The Labute approximate surface area is 173 Å². The van der Waals surface area contributed by atoms with Gasteiger partial charge in [-0.25, -0.2) is 4.39 Å².